The van der Waals surface area contributed by atoms with Crippen molar-refractivity contribution in [1.29, 1.82) is 0 Å². The highest BCUT2D eigenvalue weighted by Gasteiger charge is 2.39. The molecule has 2 amide bonds. The van der Waals surface area contributed by atoms with Crippen LogP contribution < -0.4 is 0 Å². The second-order valence-corrected chi connectivity index (χ2v) is 8.45. The summed E-state index contributed by atoms with van der Waals surface area (Å²) in [5, 5.41) is 2.50. The first-order chi connectivity index (χ1) is 14.1. The maximum absolute atomic E-state index is 13.0. The highest BCUT2D eigenvalue weighted by atomic mass is 16.5. The summed E-state index contributed by atoms with van der Waals surface area (Å²) in [6.45, 7) is 5.43. The fraction of sp³-hybridized carbons (Fsp3) is 0.500. The standard InChI is InChI=1S/C24H30N2O3/c1-24(18-20-8-4-7-19-6-2-3-9-21(19)20)12-5-13-26(24)23(28)11-10-22(27)25-14-16-29-17-15-25/h2-4,6-9H,5,10-18H2,1H3. The number of ether oxygens (including phenoxy) is 1. The first kappa shape index (κ1) is 19.9. The fourth-order valence-electron chi connectivity index (χ4n) is 4.81. The number of rotatable bonds is 5. The quantitative estimate of drug-likeness (QED) is 0.781. The smallest absolute Gasteiger partial charge is 0.223 e. The minimum Gasteiger partial charge on any atom is -0.378 e. The van der Waals surface area contributed by atoms with Gasteiger partial charge in [0.15, 0.2) is 0 Å². The van der Waals surface area contributed by atoms with Crippen molar-refractivity contribution < 1.29 is 14.3 Å². The summed E-state index contributed by atoms with van der Waals surface area (Å²) in [6.07, 6.45) is 3.45. The molecule has 5 nitrogen and oxygen atoms in total. The van der Waals surface area contributed by atoms with Crippen LogP contribution in [0, 0.1) is 0 Å². The number of amides is 2. The molecule has 0 bridgehead atoms. The van der Waals surface area contributed by atoms with E-state index in [1.807, 2.05) is 9.80 Å². The minimum absolute atomic E-state index is 0.0663. The number of carbonyl (C=O) groups is 2. The van der Waals surface area contributed by atoms with Gasteiger partial charge in [0.1, 0.15) is 0 Å². The average molecular weight is 395 g/mol. The Morgan fingerprint density at radius 2 is 1.69 bits per heavy atom. The molecule has 4 rings (SSSR count). The first-order valence-electron chi connectivity index (χ1n) is 10.7. The molecule has 2 aliphatic rings. The van der Waals surface area contributed by atoms with Gasteiger partial charge in [-0.25, -0.2) is 0 Å². The number of morpholine rings is 1. The molecule has 0 aromatic heterocycles. The van der Waals surface area contributed by atoms with E-state index in [9.17, 15) is 9.59 Å². The zero-order chi connectivity index (χ0) is 20.3. The van der Waals surface area contributed by atoms with Crippen LogP contribution in [0.4, 0.5) is 0 Å². The van der Waals surface area contributed by atoms with Crippen LogP contribution in [-0.2, 0) is 20.7 Å². The number of hydrogen-bond donors (Lipinski definition) is 0. The zero-order valence-corrected chi connectivity index (χ0v) is 17.2. The normalized spacial score (nSPS) is 22.2. The third-order valence-corrected chi connectivity index (χ3v) is 6.42. The third kappa shape index (κ3) is 4.30. The van der Waals surface area contributed by atoms with Crippen molar-refractivity contribution >= 4 is 22.6 Å². The second kappa shape index (κ2) is 8.54. The van der Waals surface area contributed by atoms with Gasteiger partial charge in [0.05, 0.1) is 13.2 Å². The lowest BCUT2D eigenvalue weighted by Crippen LogP contribution is -2.47. The highest BCUT2D eigenvalue weighted by Crippen LogP contribution is 2.35. The van der Waals surface area contributed by atoms with E-state index in [1.54, 1.807) is 0 Å². The molecule has 2 aromatic rings. The molecule has 0 spiro atoms. The summed E-state index contributed by atoms with van der Waals surface area (Å²) < 4.78 is 5.30. The molecular weight excluding hydrogens is 364 g/mol. The Balaban J connectivity index is 1.43. The number of carbonyl (C=O) groups excluding carboxylic acids is 2. The van der Waals surface area contributed by atoms with E-state index < -0.39 is 0 Å². The van der Waals surface area contributed by atoms with Crippen LogP contribution in [0.3, 0.4) is 0 Å². The molecule has 2 aromatic carbocycles. The van der Waals surface area contributed by atoms with E-state index in [0.29, 0.717) is 39.1 Å². The average Bonchev–Trinajstić information content (AvgIpc) is 3.14. The maximum atomic E-state index is 13.0. The van der Waals surface area contributed by atoms with E-state index in [0.717, 1.165) is 25.8 Å². The predicted octanol–water partition coefficient (Wildman–Crippen LogP) is 3.40. The van der Waals surface area contributed by atoms with E-state index in [2.05, 4.69) is 49.4 Å². The number of hydrogen-bond acceptors (Lipinski definition) is 3. The summed E-state index contributed by atoms with van der Waals surface area (Å²) in [6, 6.07) is 14.8. The number of fused-ring (bicyclic) bond motifs is 1. The van der Waals surface area contributed by atoms with Gasteiger partial charge in [0.25, 0.3) is 0 Å². The van der Waals surface area contributed by atoms with Gasteiger partial charge in [-0.1, -0.05) is 42.5 Å². The van der Waals surface area contributed by atoms with Crippen molar-refractivity contribution in [2.75, 3.05) is 32.8 Å². The van der Waals surface area contributed by atoms with Crippen LogP contribution in [0.1, 0.15) is 38.2 Å². The van der Waals surface area contributed by atoms with Gasteiger partial charge in [0, 0.05) is 38.0 Å². The topological polar surface area (TPSA) is 49.9 Å². The number of benzene rings is 2. The van der Waals surface area contributed by atoms with Crippen LogP contribution in [0.15, 0.2) is 42.5 Å². The van der Waals surface area contributed by atoms with Gasteiger partial charge in [0.2, 0.25) is 11.8 Å². The van der Waals surface area contributed by atoms with Crippen molar-refractivity contribution in [2.45, 2.75) is 44.6 Å². The Hall–Kier alpha value is -2.40. The van der Waals surface area contributed by atoms with Gasteiger partial charge in [-0.2, -0.15) is 0 Å². The van der Waals surface area contributed by atoms with Gasteiger partial charge in [-0.05, 0) is 42.5 Å². The van der Waals surface area contributed by atoms with E-state index in [1.165, 1.54) is 16.3 Å². The van der Waals surface area contributed by atoms with Crippen LogP contribution in [0.5, 0.6) is 0 Å². The van der Waals surface area contributed by atoms with Crippen molar-refractivity contribution in [3.05, 3.63) is 48.0 Å². The van der Waals surface area contributed by atoms with Crippen LogP contribution in [-0.4, -0.2) is 60.0 Å². The van der Waals surface area contributed by atoms with Crippen LogP contribution in [0.2, 0.25) is 0 Å². The summed E-state index contributed by atoms with van der Waals surface area (Å²) in [7, 11) is 0. The van der Waals surface area contributed by atoms with E-state index in [4.69, 9.17) is 4.74 Å². The molecule has 0 radical (unpaired) electrons. The largest absolute Gasteiger partial charge is 0.378 e. The second-order valence-electron chi connectivity index (χ2n) is 8.45. The fourth-order valence-corrected chi connectivity index (χ4v) is 4.81. The lowest BCUT2D eigenvalue weighted by Gasteiger charge is -2.36. The summed E-state index contributed by atoms with van der Waals surface area (Å²) in [5.74, 6) is 0.170. The van der Waals surface area contributed by atoms with Crippen molar-refractivity contribution in [3.63, 3.8) is 0 Å². The SMILES string of the molecule is CC1(Cc2cccc3ccccc23)CCCN1C(=O)CCC(=O)N1CCOCC1. The molecule has 2 heterocycles. The summed E-state index contributed by atoms with van der Waals surface area (Å²) in [5.41, 5.74) is 1.10. The van der Waals surface area contributed by atoms with Crippen LogP contribution in [0.25, 0.3) is 10.8 Å². The zero-order valence-electron chi connectivity index (χ0n) is 17.2. The highest BCUT2D eigenvalue weighted by molar-refractivity contribution is 5.86. The lowest BCUT2D eigenvalue weighted by atomic mass is 9.87. The molecule has 2 fully saturated rings. The minimum atomic E-state index is -0.191. The molecule has 29 heavy (non-hydrogen) atoms. The van der Waals surface area contributed by atoms with E-state index >= 15 is 0 Å². The molecule has 0 saturated carbocycles. The third-order valence-electron chi connectivity index (χ3n) is 6.42. The Kier molecular flexibility index (Phi) is 5.86. The number of likely N-dealkylation sites (tertiary alicyclic amines) is 1. The van der Waals surface area contributed by atoms with Crippen molar-refractivity contribution in [1.82, 2.24) is 9.80 Å². The molecule has 5 heteroatoms. The molecule has 0 N–H and O–H groups in total. The first-order valence-corrected chi connectivity index (χ1v) is 10.7. The van der Waals surface area contributed by atoms with Gasteiger partial charge >= 0.3 is 0 Å². The summed E-state index contributed by atoms with van der Waals surface area (Å²) in [4.78, 5) is 29.3. The van der Waals surface area contributed by atoms with Crippen LogP contribution >= 0.6 is 0 Å². The van der Waals surface area contributed by atoms with Gasteiger partial charge in [-0.3, -0.25) is 9.59 Å². The maximum Gasteiger partial charge on any atom is 0.223 e. The van der Waals surface area contributed by atoms with Gasteiger partial charge < -0.3 is 14.5 Å². The van der Waals surface area contributed by atoms with Crippen molar-refractivity contribution in [2.24, 2.45) is 0 Å². The Bertz CT molecular complexity index is 885. The molecular formula is C24H30N2O3. The summed E-state index contributed by atoms with van der Waals surface area (Å²) >= 11 is 0. The van der Waals surface area contributed by atoms with Crippen molar-refractivity contribution in [3.8, 4) is 0 Å². The predicted molar refractivity (Wildman–Crippen MR) is 114 cm³/mol. The Morgan fingerprint density at radius 3 is 2.52 bits per heavy atom. The molecule has 1 unspecified atom stereocenters. The molecule has 2 aliphatic heterocycles. The molecule has 154 valence electrons. The lowest BCUT2D eigenvalue weighted by molar-refractivity contribution is -0.141. The molecule has 1 atom stereocenters. The Morgan fingerprint density at radius 1 is 0.966 bits per heavy atom. The molecule has 2 saturated heterocycles. The van der Waals surface area contributed by atoms with E-state index in [-0.39, 0.29) is 17.4 Å². The number of nitrogens with zero attached hydrogens (tertiary/aromatic N) is 2. The monoisotopic (exact) mass is 394 g/mol. The van der Waals surface area contributed by atoms with Gasteiger partial charge in [-0.15, -0.1) is 0 Å². The molecule has 0 aliphatic carbocycles. The Labute approximate surface area is 172 Å².